The van der Waals surface area contributed by atoms with Crippen LogP contribution in [-0.2, 0) is 10.8 Å². The number of piperazine rings is 1. The Kier molecular flexibility index (Phi) is 5.62. The van der Waals surface area contributed by atoms with Crippen molar-refractivity contribution in [3.8, 4) is 6.07 Å². The van der Waals surface area contributed by atoms with Gasteiger partial charge in [0.25, 0.3) is 0 Å². The summed E-state index contributed by atoms with van der Waals surface area (Å²) >= 11 is 0. The van der Waals surface area contributed by atoms with Crippen molar-refractivity contribution in [2.75, 3.05) is 49.3 Å². The molecule has 3 aromatic rings. The highest BCUT2D eigenvalue weighted by Crippen LogP contribution is 2.36. The molecule has 5 rings (SSSR count). The number of nitrogens with one attached hydrogen (secondary N) is 1. The van der Waals surface area contributed by atoms with Crippen LogP contribution < -0.4 is 15.1 Å². The Morgan fingerprint density at radius 1 is 1.06 bits per heavy atom. The predicted molar refractivity (Wildman–Crippen MR) is 129 cm³/mol. The van der Waals surface area contributed by atoms with Gasteiger partial charge in [0.1, 0.15) is 17.5 Å². The summed E-state index contributed by atoms with van der Waals surface area (Å²) in [5.74, 6) is 0.974. The number of hydrogen-bond acceptors (Lipinski definition) is 6. The molecule has 1 atom stereocenters. The Labute approximate surface area is 191 Å². The molecule has 2 aliphatic rings. The fraction of sp³-hybridized carbons (Fsp3) is 0.417. The monoisotopic (exact) mass is 448 g/mol. The summed E-state index contributed by atoms with van der Waals surface area (Å²) in [4.78, 5) is 10.6. The van der Waals surface area contributed by atoms with Gasteiger partial charge in [-0.25, -0.2) is 4.98 Å². The quantitative estimate of drug-likeness (QED) is 0.647. The summed E-state index contributed by atoms with van der Waals surface area (Å²) in [5, 5.41) is 13.9. The molecule has 0 spiro atoms. The van der Waals surface area contributed by atoms with Crippen LogP contribution in [0.25, 0.3) is 11.0 Å². The molecule has 1 aromatic carbocycles. The third-order valence-electron chi connectivity index (χ3n) is 6.84. The lowest BCUT2D eigenvalue weighted by atomic mass is 9.87. The first-order valence-electron chi connectivity index (χ1n) is 11.1. The van der Waals surface area contributed by atoms with E-state index in [1.165, 1.54) is 5.69 Å². The van der Waals surface area contributed by atoms with E-state index in [1.54, 1.807) is 6.26 Å². The van der Waals surface area contributed by atoms with Crippen molar-refractivity contribution in [1.29, 1.82) is 5.26 Å². The lowest BCUT2D eigenvalue weighted by Crippen LogP contribution is -2.46. The maximum absolute atomic E-state index is 11.6. The SMILES string of the molecule is CNC1CC(n2cc(C#N)c3ccc(N4CCN(c5ccc([S@@](C)=O)cc5)CC4)nc32)C1. The van der Waals surface area contributed by atoms with Crippen molar-refractivity contribution in [3.05, 3.63) is 48.2 Å². The molecule has 2 aromatic heterocycles. The van der Waals surface area contributed by atoms with Gasteiger partial charge < -0.3 is 19.7 Å². The van der Waals surface area contributed by atoms with Crippen LogP contribution in [0.1, 0.15) is 24.4 Å². The number of fused-ring (bicyclic) bond motifs is 1. The second-order valence-electron chi connectivity index (χ2n) is 8.64. The number of rotatable bonds is 5. The van der Waals surface area contributed by atoms with Gasteiger partial charge in [0.15, 0.2) is 0 Å². The molecule has 0 amide bonds. The zero-order chi connectivity index (χ0) is 22.2. The molecule has 32 heavy (non-hydrogen) atoms. The molecule has 1 N–H and O–H groups in total. The van der Waals surface area contributed by atoms with Crippen molar-refractivity contribution in [1.82, 2.24) is 14.9 Å². The van der Waals surface area contributed by atoms with Crippen LogP contribution in [0, 0.1) is 11.3 Å². The Morgan fingerprint density at radius 2 is 1.75 bits per heavy atom. The average molecular weight is 449 g/mol. The van der Waals surface area contributed by atoms with Gasteiger partial charge in [-0.3, -0.25) is 4.21 Å². The van der Waals surface area contributed by atoms with Crippen molar-refractivity contribution in [2.24, 2.45) is 0 Å². The summed E-state index contributed by atoms with van der Waals surface area (Å²) < 4.78 is 13.8. The molecule has 3 heterocycles. The first-order valence-corrected chi connectivity index (χ1v) is 12.7. The molecule has 1 aliphatic carbocycles. The van der Waals surface area contributed by atoms with Crippen LogP contribution in [0.3, 0.4) is 0 Å². The molecule has 166 valence electrons. The van der Waals surface area contributed by atoms with E-state index in [-0.39, 0.29) is 0 Å². The van der Waals surface area contributed by atoms with E-state index in [1.807, 2.05) is 31.4 Å². The Balaban J connectivity index is 1.33. The molecule has 7 nitrogen and oxygen atoms in total. The summed E-state index contributed by atoms with van der Waals surface area (Å²) in [5.41, 5.74) is 2.79. The Bertz CT molecular complexity index is 1180. The standard InChI is InChI=1S/C24H28N6OS/c1-26-18-13-20(14-18)30-16-17(15-25)22-7-8-23(27-24(22)30)29-11-9-28(10-12-29)19-3-5-21(6-4-19)32(2)31/h3-8,16,18,20,26H,9-14H2,1-2H3/t18?,20?,32-/m1/s1. The third kappa shape index (κ3) is 3.76. The minimum atomic E-state index is -0.949. The highest BCUT2D eigenvalue weighted by molar-refractivity contribution is 7.84. The van der Waals surface area contributed by atoms with Crippen LogP contribution in [0.2, 0.25) is 0 Å². The highest BCUT2D eigenvalue weighted by atomic mass is 32.2. The zero-order valence-electron chi connectivity index (χ0n) is 18.5. The van der Waals surface area contributed by atoms with Crippen LogP contribution in [0.5, 0.6) is 0 Å². The maximum Gasteiger partial charge on any atom is 0.143 e. The van der Waals surface area contributed by atoms with Gasteiger partial charge in [-0.1, -0.05) is 0 Å². The largest absolute Gasteiger partial charge is 0.368 e. The van der Waals surface area contributed by atoms with E-state index in [0.29, 0.717) is 17.6 Å². The third-order valence-corrected chi connectivity index (χ3v) is 7.77. The van der Waals surface area contributed by atoms with E-state index >= 15 is 0 Å². The van der Waals surface area contributed by atoms with Crippen LogP contribution in [0.15, 0.2) is 47.5 Å². The van der Waals surface area contributed by atoms with Gasteiger partial charge in [-0.15, -0.1) is 0 Å². The molecule has 1 saturated carbocycles. The summed E-state index contributed by atoms with van der Waals surface area (Å²) in [6.07, 6.45) is 5.82. The predicted octanol–water partition coefficient (Wildman–Crippen LogP) is 2.89. The molecule has 8 heteroatoms. The van der Waals surface area contributed by atoms with E-state index in [0.717, 1.165) is 60.8 Å². The first kappa shape index (κ1) is 21.0. The van der Waals surface area contributed by atoms with E-state index in [4.69, 9.17) is 4.98 Å². The number of pyridine rings is 1. The zero-order valence-corrected chi connectivity index (χ0v) is 19.3. The number of anilines is 2. The molecule has 1 aliphatic heterocycles. The lowest BCUT2D eigenvalue weighted by molar-refractivity contribution is 0.240. The molecular formula is C24H28N6OS. The minimum absolute atomic E-state index is 0.400. The molecule has 2 fully saturated rings. The topological polar surface area (TPSA) is 77.2 Å². The summed E-state index contributed by atoms with van der Waals surface area (Å²) in [6.45, 7) is 3.59. The number of nitriles is 1. The van der Waals surface area contributed by atoms with Crippen molar-refractivity contribution in [3.63, 3.8) is 0 Å². The maximum atomic E-state index is 11.6. The minimum Gasteiger partial charge on any atom is -0.368 e. The summed E-state index contributed by atoms with van der Waals surface area (Å²) in [6, 6.07) is 15.4. The van der Waals surface area contributed by atoms with Crippen molar-refractivity contribution < 1.29 is 4.21 Å². The van der Waals surface area contributed by atoms with Gasteiger partial charge in [0.05, 0.1) is 5.56 Å². The molecule has 0 bridgehead atoms. The van der Waals surface area contributed by atoms with Crippen molar-refractivity contribution >= 4 is 33.3 Å². The first-order chi connectivity index (χ1) is 15.6. The van der Waals surface area contributed by atoms with Crippen LogP contribution in [0.4, 0.5) is 11.5 Å². The second kappa shape index (κ2) is 8.57. The van der Waals surface area contributed by atoms with Gasteiger partial charge in [-0.05, 0) is 56.3 Å². The molecule has 0 radical (unpaired) electrons. The summed E-state index contributed by atoms with van der Waals surface area (Å²) in [7, 11) is 1.06. The fourth-order valence-corrected chi connectivity index (χ4v) is 5.27. The van der Waals surface area contributed by atoms with Gasteiger partial charge in [0.2, 0.25) is 0 Å². The van der Waals surface area contributed by atoms with E-state index < -0.39 is 10.8 Å². The van der Waals surface area contributed by atoms with Crippen LogP contribution in [-0.4, -0.2) is 59.3 Å². The Morgan fingerprint density at radius 3 is 2.38 bits per heavy atom. The fourth-order valence-electron chi connectivity index (χ4n) is 4.75. The highest BCUT2D eigenvalue weighted by Gasteiger charge is 2.31. The number of hydrogen-bond donors (Lipinski definition) is 1. The van der Waals surface area contributed by atoms with Gasteiger partial charge in [0, 0.05) is 77.5 Å². The number of aromatic nitrogens is 2. The van der Waals surface area contributed by atoms with Gasteiger partial charge >= 0.3 is 0 Å². The number of benzene rings is 1. The lowest BCUT2D eigenvalue weighted by Gasteiger charge is -2.37. The molecular weight excluding hydrogens is 420 g/mol. The smallest absolute Gasteiger partial charge is 0.143 e. The van der Waals surface area contributed by atoms with E-state index in [2.05, 4.69) is 44.0 Å². The van der Waals surface area contributed by atoms with Crippen molar-refractivity contribution in [2.45, 2.75) is 29.8 Å². The van der Waals surface area contributed by atoms with E-state index in [9.17, 15) is 9.47 Å². The van der Waals surface area contributed by atoms with Gasteiger partial charge in [-0.2, -0.15) is 5.26 Å². The normalized spacial score (nSPS) is 21.9. The molecule has 0 unspecified atom stereocenters. The average Bonchev–Trinajstić information content (AvgIpc) is 3.16. The van der Waals surface area contributed by atoms with Crippen LogP contribution >= 0.6 is 0 Å². The second-order valence-corrected chi connectivity index (χ2v) is 10.0. The Hall–Kier alpha value is -2.89. The molecule has 1 saturated heterocycles. The number of nitrogens with zero attached hydrogens (tertiary/aromatic N) is 5.